The van der Waals surface area contributed by atoms with Gasteiger partial charge in [-0.15, -0.1) is 0 Å². The van der Waals surface area contributed by atoms with Crippen LogP contribution in [0.5, 0.6) is 11.5 Å². The molecule has 0 spiro atoms. The van der Waals surface area contributed by atoms with Crippen molar-refractivity contribution in [2.24, 2.45) is 0 Å². The van der Waals surface area contributed by atoms with E-state index >= 15 is 0 Å². The Morgan fingerprint density at radius 1 is 1.35 bits per heavy atom. The summed E-state index contributed by atoms with van der Waals surface area (Å²) in [6.07, 6.45) is 2.42. The highest BCUT2D eigenvalue weighted by Gasteiger charge is 2.13. The van der Waals surface area contributed by atoms with Crippen LogP contribution in [0.1, 0.15) is 37.0 Å². The molecule has 0 unspecified atom stereocenters. The number of amides is 1. The highest BCUT2D eigenvalue weighted by atomic mass is 16.5. The number of methoxy groups -OCH3 is 1. The molecular formula is C15H21NO4. The maximum atomic E-state index is 11.8. The standard InChI is InChI=1S/C15H21NO4/c1-4-12(5-2)16-14(18)10-20-15-11(9-17)7-6-8-13(15)19-3/h6-9,12H,4-5,10H2,1-3H3,(H,16,18). The van der Waals surface area contributed by atoms with Crippen LogP contribution in [-0.4, -0.2) is 32.0 Å². The molecule has 0 saturated heterocycles. The molecule has 20 heavy (non-hydrogen) atoms. The molecule has 1 rings (SSSR count). The molecule has 110 valence electrons. The summed E-state index contributed by atoms with van der Waals surface area (Å²) in [6, 6.07) is 5.14. The van der Waals surface area contributed by atoms with Crippen molar-refractivity contribution in [2.45, 2.75) is 32.7 Å². The Hall–Kier alpha value is -2.04. The fourth-order valence-corrected chi connectivity index (χ4v) is 1.84. The van der Waals surface area contributed by atoms with Gasteiger partial charge in [-0.1, -0.05) is 19.9 Å². The van der Waals surface area contributed by atoms with Gasteiger partial charge in [-0.05, 0) is 25.0 Å². The van der Waals surface area contributed by atoms with Gasteiger partial charge in [0.05, 0.1) is 12.7 Å². The largest absolute Gasteiger partial charge is 0.493 e. The zero-order valence-corrected chi connectivity index (χ0v) is 12.1. The summed E-state index contributed by atoms with van der Waals surface area (Å²) in [7, 11) is 1.49. The fraction of sp³-hybridized carbons (Fsp3) is 0.467. The average Bonchev–Trinajstić information content (AvgIpc) is 2.49. The summed E-state index contributed by atoms with van der Waals surface area (Å²) in [5.41, 5.74) is 0.361. The summed E-state index contributed by atoms with van der Waals surface area (Å²) in [5, 5.41) is 2.87. The minimum atomic E-state index is -0.207. The molecule has 0 bridgehead atoms. The van der Waals surface area contributed by atoms with E-state index in [1.165, 1.54) is 7.11 Å². The first-order valence-corrected chi connectivity index (χ1v) is 6.70. The number of ether oxygens (including phenoxy) is 2. The third kappa shape index (κ3) is 4.26. The first-order chi connectivity index (χ1) is 9.65. The van der Waals surface area contributed by atoms with Crippen LogP contribution >= 0.6 is 0 Å². The molecule has 0 aliphatic carbocycles. The topological polar surface area (TPSA) is 64.6 Å². The quantitative estimate of drug-likeness (QED) is 0.741. The number of hydrogen-bond donors (Lipinski definition) is 1. The summed E-state index contributed by atoms with van der Waals surface area (Å²) < 4.78 is 10.6. The lowest BCUT2D eigenvalue weighted by Crippen LogP contribution is -2.37. The first kappa shape index (κ1) is 16.0. The van der Waals surface area contributed by atoms with E-state index in [1.54, 1.807) is 18.2 Å². The Balaban J connectivity index is 2.69. The molecule has 1 amide bonds. The Bertz CT molecular complexity index is 455. The van der Waals surface area contributed by atoms with Crippen LogP contribution in [0.2, 0.25) is 0 Å². The summed E-state index contributed by atoms with van der Waals surface area (Å²) in [4.78, 5) is 22.8. The van der Waals surface area contributed by atoms with E-state index in [2.05, 4.69) is 5.32 Å². The van der Waals surface area contributed by atoms with Crippen LogP contribution in [0.3, 0.4) is 0 Å². The van der Waals surface area contributed by atoms with Crippen molar-refractivity contribution in [3.05, 3.63) is 23.8 Å². The van der Waals surface area contributed by atoms with Crippen LogP contribution in [-0.2, 0) is 4.79 Å². The normalized spacial score (nSPS) is 10.2. The van der Waals surface area contributed by atoms with Crippen LogP contribution in [0.15, 0.2) is 18.2 Å². The molecule has 0 saturated carbocycles. The highest BCUT2D eigenvalue weighted by molar-refractivity contribution is 5.82. The van der Waals surface area contributed by atoms with Gasteiger partial charge >= 0.3 is 0 Å². The molecule has 0 radical (unpaired) electrons. The van der Waals surface area contributed by atoms with Gasteiger partial charge in [-0.25, -0.2) is 0 Å². The predicted octanol–water partition coefficient (Wildman–Crippen LogP) is 2.19. The van der Waals surface area contributed by atoms with Crippen LogP contribution in [0.4, 0.5) is 0 Å². The van der Waals surface area contributed by atoms with Gasteiger partial charge in [0.1, 0.15) is 0 Å². The summed E-state index contributed by atoms with van der Waals surface area (Å²) in [5.74, 6) is 0.524. The van der Waals surface area contributed by atoms with Crippen molar-refractivity contribution in [1.29, 1.82) is 0 Å². The molecule has 0 aliphatic heterocycles. The molecule has 1 aromatic carbocycles. The van der Waals surface area contributed by atoms with Gasteiger partial charge < -0.3 is 14.8 Å². The average molecular weight is 279 g/mol. The van der Waals surface area contributed by atoms with Crippen molar-refractivity contribution < 1.29 is 19.1 Å². The summed E-state index contributed by atoms with van der Waals surface area (Å²) >= 11 is 0. The lowest BCUT2D eigenvalue weighted by atomic mass is 10.2. The predicted molar refractivity (Wildman–Crippen MR) is 76.4 cm³/mol. The van der Waals surface area contributed by atoms with E-state index in [9.17, 15) is 9.59 Å². The van der Waals surface area contributed by atoms with Crippen LogP contribution < -0.4 is 14.8 Å². The van der Waals surface area contributed by atoms with Crippen molar-refractivity contribution in [3.8, 4) is 11.5 Å². The second-order valence-corrected chi connectivity index (χ2v) is 4.37. The van der Waals surface area contributed by atoms with Gasteiger partial charge in [0, 0.05) is 6.04 Å². The summed E-state index contributed by atoms with van der Waals surface area (Å²) in [6.45, 7) is 3.89. The molecule has 0 aliphatic rings. The van der Waals surface area contributed by atoms with E-state index < -0.39 is 0 Å². The number of aldehydes is 1. The number of nitrogens with one attached hydrogen (secondary N) is 1. The highest BCUT2D eigenvalue weighted by Crippen LogP contribution is 2.29. The molecule has 5 heteroatoms. The zero-order valence-electron chi connectivity index (χ0n) is 12.1. The van der Waals surface area contributed by atoms with Crippen LogP contribution in [0, 0.1) is 0 Å². The Morgan fingerprint density at radius 3 is 2.60 bits per heavy atom. The smallest absolute Gasteiger partial charge is 0.258 e. The van der Waals surface area contributed by atoms with E-state index in [0.29, 0.717) is 23.3 Å². The van der Waals surface area contributed by atoms with Crippen molar-refractivity contribution in [1.82, 2.24) is 5.32 Å². The fourth-order valence-electron chi connectivity index (χ4n) is 1.84. The maximum Gasteiger partial charge on any atom is 0.258 e. The molecule has 0 fully saturated rings. The third-order valence-corrected chi connectivity index (χ3v) is 3.05. The number of carbonyl (C=O) groups is 2. The molecular weight excluding hydrogens is 258 g/mol. The number of hydrogen-bond acceptors (Lipinski definition) is 4. The molecule has 1 N–H and O–H groups in total. The van der Waals surface area contributed by atoms with Gasteiger partial charge in [-0.3, -0.25) is 9.59 Å². The Morgan fingerprint density at radius 2 is 2.05 bits per heavy atom. The first-order valence-electron chi connectivity index (χ1n) is 6.70. The van der Waals surface area contributed by atoms with Crippen molar-refractivity contribution >= 4 is 12.2 Å². The maximum absolute atomic E-state index is 11.8. The number of para-hydroxylation sites is 1. The lowest BCUT2D eigenvalue weighted by molar-refractivity contribution is -0.123. The number of benzene rings is 1. The molecule has 5 nitrogen and oxygen atoms in total. The zero-order chi connectivity index (χ0) is 15.0. The van der Waals surface area contributed by atoms with E-state index in [0.717, 1.165) is 12.8 Å². The van der Waals surface area contributed by atoms with E-state index in [4.69, 9.17) is 9.47 Å². The monoisotopic (exact) mass is 279 g/mol. The Kier molecular flexibility index (Phi) is 6.56. The minimum Gasteiger partial charge on any atom is -0.493 e. The van der Waals surface area contributed by atoms with Crippen molar-refractivity contribution in [3.63, 3.8) is 0 Å². The lowest BCUT2D eigenvalue weighted by Gasteiger charge is -2.16. The molecule has 1 aromatic rings. The van der Waals surface area contributed by atoms with E-state index in [1.807, 2.05) is 13.8 Å². The number of carbonyl (C=O) groups excluding carboxylic acids is 2. The molecule has 0 atom stereocenters. The molecule has 0 aromatic heterocycles. The van der Waals surface area contributed by atoms with Crippen molar-refractivity contribution in [2.75, 3.05) is 13.7 Å². The second-order valence-electron chi connectivity index (χ2n) is 4.37. The van der Waals surface area contributed by atoms with Gasteiger partial charge in [0.15, 0.2) is 24.4 Å². The third-order valence-electron chi connectivity index (χ3n) is 3.05. The van der Waals surface area contributed by atoms with Gasteiger partial charge in [0.2, 0.25) is 0 Å². The second kappa shape index (κ2) is 8.19. The Labute approximate surface area is 119 Å². The van der Waals surface area contributed by atoms with Crippen LogP contribution in [0.25, 0.3) is 0 Å². The van der Waals surface area contributed by atoms with Gasteiger partial charge in [0.25, 0.3) is 5.91 Å². The van der Waals surface area contributed by atoms with E-state index in [-0.39, 0.29) is 18.6 Å². The SMILES string of the molecule is CCC(CC)NC(=O)COc1c(C=O)cccc1OC. The molecule has 0 heterocycles. The number of rotatable bonds is 8. The van der Waals surface area contributed by atoms with Gasteiger partial charge in [-0.2, -0.15) is 0 Å². The minimum absolute atomic E-state index is 0.141.